The molecule has 0 bridgehead atoms. The van der Waals surface area contributed by atoms with E-state index < -0.39 is 0 Å². The summed E-state index contributed by atoms with van der Waals surface area (Å²) in [6.07, 6.45) is 9.02. The highest BCUT2D eigenvalue weighted by atomic mass is 127. The summed E-state index contributed by atoms with van der Waals surface area (Å²) < 4.78 is 1.23. The molecule has 0 saturated heterocycles. The molecule has 0 saturated carbocycles. The van der Waals surface area contributed by atoms with Gasteiger partial charge in [0.25, 0.3) is 0 Å². The zero-order chi connectivity index (χ0) is 14.9. The van der Waals surface area contributed by atoms with Gasteiger partial charge in [0.05, 0.1) is 11.0 Å². The van der Waals surface area contributed by atoms with Crippen LogP contribution >= 0.6 is 22.6 Å². The number of hydrogen-bond donors (Lipinski definition) is 1. The molecule has 1 aliphatic rings. The van der Waals surface area contributed by atoms with Gasteiger partial charge in [-0.3, -0.25) is 0 Å². The van der Waals surface area contributed by atoms with Gasteiger partial charge in [0.1, 0.15) is 5.82 Å². The van der Waals surface area contributed by atoms with Crippen LogP contribution in [0.5, 0.6) is 0 Å². The molecule has 3 aromatic rings. The van der Waals surface area contributed by atoms with Crippen molar-refractivity contribution in [2.24, 2.45) is 0 Å². The number of aromatic amines is 1. The number of rotatable bonds is 2. The van der Waals surface area contributed by atoms with Crippen LogP contribution < -0.4 is 0 Å². The Hall–Kier alpha value is -1.88. The van der Waals surface area contributed by atoms with E-state index in [0.717, 1.165) is 35.3 Å². The molecule has 0 spiro atoms. The summed E-state index contributed by atoms with van der Waals surface area (Å²) in [5, 5.41) is 0. The molecule has 0 atom stereocenters. The molecule has 1 aromatic heterocycles. The molecule has 1 heterocycles. The fourth-order valence-corrected chi connectivity index (χ4v) is 3.12. The van der Waals surface area contributed by atoms with Crippen molar-refractivity contribution >= 4 is 39.2 Å². The first-order valence-corrected chi connectivity index (χ1v) is 8.50. The number of aromatic nitrogens is 2. The fourth-order valence-electron chi connectivity index (χ4n) is 2.76. The standard InChI is InChI=1S/C19H15IN2/c20-16-9-6-14(7-10-16)19-21-17-11-8-15(12-18(17)22-19)13-4-2-1-3-5-13/h2,4-12H,1,3H2,(H,21,22). The summed E-state index contributed by atoms with van der Waals surface area (Å²) in [6.45, 7) is 0. The lowest BCUT2D eigenvalue weighted by atomic mass is 9.99. The lowest BCUT2D eigenvalue weighted by molar-refractivity contribution is 1.04. The van der Waals surface area contributed by atoms with E-state index in [2.05, 4.69) is 88.3 Å². The minimum atomic E-state index is 0.928. The van der Waals surface area contributed by atoms with Crippen molar-refractivity contribution in [3.8, 4) is 11.4 Å². The third-order valence-corrected chi connectivity index (χ3v) is 4.65. The Kier molecular flexibility index (Phi) is 3.58. The molecule has 0 unspecified atom stereocenters. The fraction of sp³-hybridized carbons (Fsp3) is 0.105. The molecule has 2 nitrogen and oxygen atoms in total. The van der Waals surface area contributed by atoms with Crippen molar-refractivity contribution in [1.29, 1.82) is 0 Å². The monoisotopic (exact) mass is 398 g/mol. The van der Waals surface area contributed by atoms with Crippen LogP contribution in [0.4, 0.5) is 0 Å². The Morgan fingerprint density at radius 1 is 0.955 bits per heavy atom. The van der Waals surface area contributed by atoms with E-state index >= 15 is 0 Å². The van der Waals surface area contributed by atoms with Crippen LogP contribution in [0.15, 0.2) is 60.7 Å². The highest BCUT2D eigenvalue weighted by molar-refractivity contribution is 14.1. The first kappa shape index (κ1) is 13.8. The van der Waals surface area contributed by atoms with Gasteiger partial charge >= 0.3 is 0 Å². The van der Waals surface area contributed by atoms with Crippen LogP contribution in [0.25, 0.3) is 28.0 Å². The van der Waals surface area contributed by atoms with E-state index in [1.165, 1.54) is 14.7 Å². The molecule has 1 aliphatic carbocycles. The van der Waals surface area contributed by atoms with Crippen LogP contribution in [0.1, 0.15) is 18.4 Å². The summed E-state index contributed by atoms with van der Waals surface area (Å²) in [5.41, 5.74) is 5.78. The zero-order valence-corrected chi connectivity index (χ0v) is 14.2. The summed E-state index contributed by atoms with van der Waals surface area (Å²) >= 11 is 2.32. The Balaban J connectivity index is 1.76. The molecular formula is C19H15IN2. The lowest BCUT2D eigenvalue weighted by Crippen LogP contribution is -1.85. The Morgan fingerprint density at radius 3 is 2.55 bits per heavy atom. The van der Waals surface area contributed by atoms with Gasteiger partial charge < -0.3 is 4.98 Å². The van der Waals surface area contributed by atoms with Crippen molar-refractivity contribution in [1.82, 2.24) is 9.97 Å². The van der Waals surface area contributed by atoms with Gasteiger partial charge in [0, 0.05) is 9.13 Å². The minimum absolute atomic E-state index is 0.928. The van der Waals surface area contributed by atoms with E-state index in [1.807, 2.05) is 0 Å². The Bertz CT molecular complexity index is 885. The Labute approximate surface area is 143 Å². The van der Waals surface area contributed by atoms with Gasteiger partial charge in [0.2, 0.25) is 0 Å². The van der Waals surface area contributed by atoms with Gasteiger partial charge in [-0.2, -0.15) is 0 Å². The number of imidazole rings is 1. The molecule has 0 aliphatic heterocycles. The number of halogens is 1. The van der Waals surface area contributed by atoms with Crippen molar-refractivity contribution < 1.29 is 0 Å². The second-order valence-corrected chi connectivity index (χ2v) is 6.71. The van der Waals surface area contributed by atoms with Crippen LogP contribution in [-0.2, 0) is 0 Å². The second kappa shape index (κ2) is 5.72. The van der Waals surface area contributed by atoms with Gasteiger partial charge in [-0.15, -0.1) is 0 Å². The normalized spacial score (nSPS) is 14.3. The highest BCUT2D eigenvalue weighted by Crippen LogP contribution is 2.26. The third-order valence-electron chi connectivity index (χ3n) is 3.93. The molecule has 0 fully saturated rings. The van der Waals surface area contributed by atoms with Crippen LogP contribution in [0, 0.1) is 3.57 Å². The lowest BCUT2D eigenvalue weighted by Gasteiger charge is -2.06. The maximum atomic E-state index is 4.70. The van der Waals surface area contributed by atoms with Crippen molar-refractivity contribution in [3.05, 3.63) is 69.8 Å². The Morgan fingerprint density at radius 2 is 1.77 bits per heavy atom. The molecule has 0 radical (unpaired) electrons. The van der Waals surface area contributed by atoms with E-state index in [9.17, 15) is 0 Å². The number of benzene rings is 2. The number of nitrogens with zero attached hydrogens (tertiary/aromatic N) is 1. The topological polar surface area (TPSA) is 28.7 Å². The number of hydrogen-bond acceptors (Lipinski definition) is 1. The average molecular weight is 398 g/mol. The summed E-state index contributed by atoms with van der Waals surface area (Å²) in [4.78, 5) is 8.15. The maximum absolute atomic E-state index is 4.70. The van der Waals surface area contributed by atoms with E-state index in [4.69, 9.17) is 4.98 Å². The zero-order valence-electron chi connectivity index (χ0n) is 12.0. The van der Waals surface area contributed by atoms with Gasteiger partial charge in [-0.1, -0.05) is 36.4 Å². The first-order chi connectivity index (χ1) is 10.8. The molecule has 1 N–H and O–H groups in total. The second-order valence-electron chi connectivity index (χ2n) is 5.46. The van der Waals surface area contributed by atoms with Gasteiger partial charge in [-0.25, -0.2) is 4.98 Å². The predicted molar refractivity (Wildman–Crippen MR) is 101 cm³/mol. The smallest absolute Gasteiger partial charge is 0.138 e. The molecule has 0 amide bonds. The van der Waals surface area contributed by atoms with E-state index in [-0.39, 0.29) is 0 Å². The number of allylic oxidation sites excluding steroid dienone is 4. The van der Waals surface area contributed by atoms with Crippen molar-refractivity contribution in [2.45, 2.75) is 12.8 Å². The SMILES string of the molecule is Ic1ccc(-c2nc3ccc(C4=CCCC=C4)cc3[nH]2)cc1. The van der Waals surface area contributed by atoms with E-state index in [1.54, 1.807) is 0 Å². The first-order valence-electron chi connectivity index (χ1n) is 7.42. The van der Waals surface area contributed by atoms with Gasteiger partial charge in [0.15, 0.2) is 0 Å². The van der Waals surface area contributed by atoms with Crippen molar-refractivity contribution in [2.75, 3.05) is 0 Å². The van der Waals surface area contributed by atoms with Crippen LogP contribution in [0.2, 0.25) is 0 Å². The number of fused-ring (bicyclic) bond motifs is 1. The average Bonchev–Trinajstić information content (AvgIpc) is 2.99. The molecule has 22 heavy (non-hydrogen) atoms. The highest BCUT2D eigenvalue weighted by Gasteiger charge is 2.08. The number of H-pyrrole nitrogens is 1. The van der Waals surface area contributed by atoms with Gasteiger partial charge in [-0.05, 0) is 70.8 Å². The van der Waals surface area contributed by atoms with Crippen LogP contribution in [0.3, 0.4) is 0 Å². The predicted octanol–water partition coefficient (Wildman–Crippen LogP) is 5.57. The molecule has 2 aromatic carbocycles. The summed E-state index contributed by atoms with van der Waals surface area (Å²) in [7, 11) is 0. The maximum Gasteiger partial charge on any atom is 0.138 e. The molecular weight excluding hydrogens is 383 g/mol. The largest absolute Gasteiger partial charge is 0.338 e. The third kappa shape index (κ3) is 2.61. The quantitative estimate of drug-likeness (QED) is 0.562. The van der Waals surface area contributed by atoms with Crippen molar-refractivity contribution in [3.63, 3.8) is 0 Å². The molecule has 108 valence electrons. The molecule has 3 heteroatoms. The summed E-state index contributed by atoms with van der Waals surface area (Å²) in [5.74, 6) is 0.928. The number of nitrogens with one attached hydrogen (secondary N) is 1. The molecule has 4 rings (SSSR count). The van der Waals surface area contributed by atoms with E-state index in [0.29, 0.717) is 0 Å². The minimum Gasteiger partial charge on any atom is -0.338 e. The van der Waals surface area contributed by atoms with Crippen LogP contribution in [-0.4, -0.2) is 9.97 Å². The summed E-state index contributed by atoms with van der Waals surface area (Å²) in [6, 6.07) is 14.9.